The number of ether oxygens (including phenoxy) is 1. The Bertz CT molecular complexity index is 1500. The van der Waals surface area contributed by atoms with Gasteiger partial charge in [0.25, 0.3) is 0 Å². The molecule has 0 bridgehead atoms. The van der Waals surface area contributed by atoms with Crippen molar-refractivity contribution < 1.29 is 23.0 Å². The molecular weight excluding hydrogens is 535 g/mol. The van der Waals surface area contributed by atoms with Gasteiger partial charge in [-0.1, -0.05) is 12.1 Å². The SMILES string of the molecule is Cc1c(Cc2c(CN3CCCC(CO)C3)nc3c(-c4cnc[nH]4)cc(N4CCOCC4)nn23)cccc1C(F)(F)F. The number of halogens is 3. The first kappa shape index (κ1) is 27.7. The van der Waals surface area contributed by atoms with E-state index in [4.69, 9.17) is 14.8 Å². The van der Waals surface area contributed by atoms with Gasteiger partial charge in [0.05, 0.1) is 48.4 Å². The van der Waals surface area contributed by atoms with Crippen molar-refractivity contribution in [2.45, 2.75) is 38.9 Å². The van der Waals surface area contributed by atoms with E-state index in [1.165, 1.54) is 13.0 Å². The maximum atomic E-state index is 13.8. The lowest BCUT2D eigenvalue weighted by Gasteiger charge is -2.31. The maximum Gasteiger partial charge on any atom is 0.416 e. The van der Waals surface area contributed by atoms with Crippen molar-refractivity contribution in [1.82, 2.24) is 29.5 Å². The maximum absolute atomic E-state index is 13.8. The van der Waals surface area contributed by atoms with E-state index in [1.807, 2.05) is 10.6 Å². The van der Waals surface area contributed by atoms with Crippen LogP contribution in [0.15, 0.2) is 36.8 Å². The minimum absolute atomic E-state index is 0.131. The van der Waals surface area contributed by atoms with Gasteiger partial charge in [-0.2, -0.15) is 13.2 Å². The molecule has 1 unspecified atom stereocenters. The Balaban J connectivity index is 1.51. The largest absolute Gasteiger partial charge is 0.416 e. The molecule has 2 aliphatic rings. The number of likely N-dealkylation sites (tertiary alicyclic amines) is 1. The number of rotatable bonds is 7. The molecule has 6 rings (SSSR count). The predicted molar refractivity (Wildman–Crippen MR) is 148 cm³/mol. The second kappa shape index (κ2) is 11.4. The van der Waals surface area contributed by atoms with Crippen molar-refractivity contribution in [3.8, 4) is 11.3 Å². The quantitative estimate of drug-likeness (QED) is 0.347. The van der Waals surface area contributed by atoms with E-state index in [2.05, 4.69) is 19.8 Å². The van der Waals surface area contributed by atoms with Crippen LogP contribution in [-0.2, 0) is 23.9 Å². The van der Waals surface area contributed by atoms with Crippen molar-refractivity contribution in [2.24, 2.45) is 5.92 Å². The van der Waals surface area contributed by atoms with Crippen molar-refractivity contribution in [3.63, 3.8) is 0 Å². The third-order valence-corrected chi connectivity index (χ3v) is 8.21. The van der Waals surface area contributed by atoms with Gasteiger partial charge in [-0.3, -0.25) is 4.90 Å². The Labute approximate surface area is 236 Å². The molecule has 0 radical (unpaired) electrons. The molecule has 41 heavy (non-hydrogen) atoms. The number of morpholine rings is 1. The zero-order valence-electron chi connectivity index (χ0n) is 23.0. The molecule has 2 saturated heterocycles. The summed E-state index contributed by atoms with van der Waals surface area (Å²) < 4.78 is 48.8. The number of piperidine rings is 1. The highest BCUT2D eigenvalue weighted by Crippen LogP contribution is 2.35. The fourth-order valence-electron chi connectivity index (χ4n) is 5.97. The van der Waals surface area contributed by atoms with E-state index >= 15 is 0 Å². The van der Waals surface area contributed by atoms with E-state index in [9.17, 15) is 18.3 Å². The number of H-pyrrole nitrogens is 1. The molecular formula is C29H34F3N7O2. The zero-order chi connectivity index (χ0) is 28.6. The molecule has 3 aromatic heterocycles. The summed E-state index contributed by atoms with van der Waals surface area (Å²) in [5, 5.41) is 14.8. The molecule has 0 spiro atoms. The fraction of sp³-hybridized carbons (Fsp3) is 0.483. The minimum Gasteiger partial charge on any atom is -0.396 e. The number of aromatic amines is 1. The number of fused-ring (bicyclic) bond motifs is 1. The monoisotopic (exact) mass is 569 g/mol. The summed E-state index contributed by atoms with van der Waals surface area (Å²) in [6.07, 6.45) is 1.10. The highest BCUT2D eigenvalue weighted by Gasteiger charge is 2.33. The van der Waals surface area contributed by atoms with Gasteiger partial charge in [-0.15, -0.1) is 5.10 Å². The van der Waals surface area contributed by atoms with Crippen molar-refractivity contribution in [2.75, 3.05) is 50.9 Å². The lowest BCUT2D eigenvalue weighted by atomic mass is 9.97. The summed E-state index contributed by atoms with van der Waals surface area (Å²) in [5.41, 5.74) is 3.90. The number of hydrogen-bond donors (Lipinski definition) is 2. The number of hydrogen-bond acceptors (Lipinski definition) is 7. The van der Waals surface area contributed by atoms with Crippen molar-refractivity contribution >= 4 is 11.5 Å². The molecule has 0 aliphatic carbocycles. The van der Waals surface area contributed by atoms with Crippen LogP contribution < -0.4 is 4.90 Å². The predicted octanol–water partition coefficient (Wildman–Crippen LogP) is 4.08. The van der Waals surface area contributed by atoms with Crippen LogP contribution in [0.25, 0.3) is 16.9 Å². The normalized spacial score (nSPS) is 18.9. The van der Waals surface area contributed by atoms with Gasteiger partial charge in [0.1, 0.15) is 0 Å². The Kier molecular flexibility index (Phi) is 7.71. The Morgan fingerprint density at radius 2 is 2.00 bits per heavy atom. The van der Waals surface area contributed by atoms with E-state index < -0.39 is 11.7 Å². The van der Waals surface area contributed by atoms with Crippen molar-refractivity contribution in [3.05, 3.63) is 64.9 Å². The second-order valence-electron chi connectivity index (χ2n) is 10.9. The molecule has 2 N–H and O–H groups in total. The summed E-state index contributed by atoms with van der Waals surface area (Å²) in [6, 6.07) is 6.33. The Hall–Kier alpha value is -3.48. The molecule has 12 heteroatoms. The van der Waals surface area contributed by atoms with Crippen LogP contribution in [0.4, 0.5) is 19.0 Å². The number of aliphatic hydroxyl groups is 1. The van der Waals surface area contributed by atoms with E-state index in [-0.39, 0.29) is 24.5 Å². The number of nitrogens with one attached hydrogen (secondary N) is 1. The van der Waals surface area contributed by atoms with Crippen LogP contribution in [0, 0.1) is 12.8 Å². The fourth-order valence-corrected chi connectivity index (χ4v) is 5.97. The van der Waals surface area contributed by atoms with E-state index in [0.717, 1.165) is 60.5 Å². The highest BCUT2D eigenvalue weighted by molar-refractivity contribution is 5.77. The Morgan fingerprint density at radius 3 is 2.73 bits per heavy atom. The van der Waals surface area contributed by atoms with Crippen molar-refractivity contribution in [1.29, 1.82) is 0 Å². The minimum atomic E-state index is -4.44. The number of aromatic nitrogens is 5. The number of imidazole rings is 2. The first-order chi connectivity index (χ1) is 19.8. The third-order valence-electron chi connectivity index (χ3n) is 8.21. The molecule has 4 aromatic rings. The summed E-state index contributed by atoms with van der Waals surface area (Å²) in [6.45, 7) is 6.33. The van der Waals surface area contributed by atoms with Crippen LogP contribution in [0.1, 0.15) is 40.9 Å². The lowest BCUT2D eigenvalue weighted by Crippen LogP contribution is -2.37. The number of anilines is 1. The molecule has 218 valence electrons. The van der Waals surface area contributed by atoms with Crippen LogP contribution >= 0.6 is 0 Å². The van der Waals surface area contributed by atoms with Gasteiger partial charge >= 0.3 is 6.18 Å². The molecule has 1 aromatic carbocycles. The number of nitrogens with zero attached hydrogens (tertiary/aromatic N) is 6. The standard InChI is InChI=1S/C29H34F3N7O2/c1-19-21(5-2-6-23(19)29(30,31)32)12-26-25(16-37-7-3-4-20(15-37)17-40)35-28-22(24-14-33-18-34-24)13-27(36-39(26)28)38-8-10-41-11-9-38/h2,5-6,13-14,18,20,40H,3-4,7-12,15-17H2,1H3,(H,33,34). The number of aliphatic hydroxyl groups excluding tert-OH is 1. The van der Waals surface area contributed by atoms with Crippen LogP contribution in [0.5, 0.6) is 0 Å². The average molecular weight is 570 g/mol. The molecule has 1 atom stereocenters. The first-order valence-electron chi connectivity index (χ1n) is 14.0. The van der Waals surface area contributed by atoms with Gasteiger partial charge < -0.3 is 19.7 Å². The third kappa shape index (κ3) is 5.68. The zero-order valence-corrected chi connectivity index (χ0v) is 23.0. The average Bonchev–Trinajstić information content (AvgIpc) is 3.62. The van der Waals surface area contributed by atoms with Crippen LogP contribution in [0.2, 0.25) is 0 Å². The first-order valence-corrected chi connectivity index (χ1v) is 14.0. The van der Waals surface area contributed by atoms with Gasteiger partial charge in [0.15, 0.2) is 11.5 Å². The molecule has 2 aliphatic heterocycles. The molecule has 9 nitrogen and oxygen atoms in total. The van der Waals surface area contributed by atoms with E-state index in [1.54, 1.807) is 18.6 Å². The lowest BCUT2D eigenvalue weighted by molar-refractivity contribution is -0.138. The van der Waals surface area contributed by atoms with Gasteiger partial charge in [0.2, 0.25) is 0 Å². The summed E-state index contributed by atoms with van der Waals surface area (Å²) in [4.78, 5) is 16.9. The molecule has 5 heterocycles. The second-order valence-corrected chi connectivity index (χ2v) is 10.9. The molecule has 2 fully saturated rings. The van der Waals surface area contributed by atoms with Crippen LogP contribution in [0.3, 0.4) is 0 Å². The smallest absolute Gasteiger partial charge is 0.396 e. The highest BCUT2D eigenvalue weighted by atomic mass is 19.4. The molecule has 0 saturated carbocycles. The van der Waals surface area contributed by atoms with Gasteiger partial charge in [-0.25, -0.2) is 14.5 Å². The molecule has 0 amide bonds. The van der Waals surface area contributed by atoms with Gasteiger partial charge in [0, 0.05) is 44.8 Å². The summed E-state index contributed by atoms with van der Waals surface area (Å²) in [5.74, 6) is 0.941. The number of benzene rings is 1. The number of alkyl halides is 3. The van der Waals surface area contributed by atoms with Gasteiger partial charge in [-0.05, 0) is 55.5 Å². The Morgan fingerprint density at radius 1 is 1.17 bits per heavy atom. The van der Waals surface area contributed by atoms with Crippen LogP contribution in [-0.4, -0.2) is 80.6 Å². The summed E-state index contributed by atoms with van der Waals surface area (Å²) >= 11 is 0. The van der Waals surface area contributed by atoms with E-state index in [0.29, 0.717) is 44.1 Å². The summed E-state index contributed by atoms with van der Waals surface area (Å²) in [7, 11) is 0. The topological polar surface area (TPSA) is 94.8 Å².